The van der Waals surface area contributed by atoms with Gasteiger partial charge in [-0.25, -0.2) is 0 Å². The van der Waals surface area contributed by atoms with Gasteiger partial charge in [-0.05, 0) is 52.6 Å². The summed E-state index contributed by atoms with van der Waals surface area (Å²) in [6, 6.07) is 32.5. The second kappa shape index (κ2) is 9.49. The Morgan fingerprint density at radius 2 is 1.06 bits per heavy atom. The minimum Gasteiger partial charge on any atom is -0.457 e. The molecule has 0 bridgehead atoms. The van der Waals surface area contributed by atoms with Crippen molar-refractivity contribution in [1.82, 2.24) is 0 Å². The number of ether oxygens (including phenoxy) is 2. The van der Waals surface area contributed by atoms with Gasteiger partial charge in [0.2, 0.25) is 0 Å². The van der Waals surface area contributed by atoms with Gasteiger partial charge in [0, 0.05) is 26.5 Å². The fourth-order valence-corrected chi connectivity index (χ4v) is 6.46. The predicted molar refractivity (Wildman–Crippen MR) is 148 cm³/mol. The third kappa shape index (κ3) is 4.60. The van der Waals surface area contributed by atoms with E-state index in [1.165, 1.54) is 19.5 Å². The third-order valence-corrected chi connectivity index (χ3v) is 12.2. The van der Waals surface area contributed by atoms with Gasteiger partial charge in [0.25, 0.3) is 0 Å². The Balaban J connectivity index is 1.73. The molecule has 0 fully saturated rings. The molecule has 4 aromatic carbocycles. The predicted octanol–water partition coefficient (Wildman–Crippen LogP) is 9.77. The van der Waals surface area contributed by atoms with Crippen LogP contribution in [0.1, 0.15) is 11.1 Å². The highest BCUT2D eigenvalue weighted by molar-refractivity contribution is 9.12. The minimum absolute atomic E-state index is 0.823. The number of halogens is 1. The molecule has 0 aromatic heterocycles. The molecule has 5 heteroatoms. The Morgan fingerprint density at radius 3 is 1.47 bits per heavy atom. The molecule has 5 rings (SSSR count). The highest BCUT2D eigenvalue weighted by Gasteiger charge is 2.33. The number of para-hydroxylation sites is 2. The van der Waals surface area contributed by atoms with E-state index >= 15 is 0 Å². The van der Waals surface area contributed by atoms with Crippen molar-refractivity contribution in [1.29, 1.82) is 0 Å². The number of hydrogen-bond donors (Lipinski definition) is 0. The van der Waals surface area contributed by atoms with Crippen molar-refractivity contribution in [2.75, 3.05) is 0 Å². The van der Waals surface area contributed by atoms with Crippen molar-refractivity contribution in [3.8, 4) is 23.0 Å². The molecule has 0 radical (unpaired) electrons. The molecular weight excluding hydrogens is 520 g/mol. The first-order valence-corrected chi connectivity index (χ1v) is 16.3. The maximum Gasteiger partial charge on any atom is 0.136 e. The summed E-state index contributed by atoms with van der Waals surface area (Å²) in [5, 5.41) is 0. The van der Waals surface area contributed by atoms with Crippen LogP contribution in [0.15, 0.2) is 111 Å². The zero-order chi connectivity index (χ0) is 23.7. The monoisotopic (exact) mass is 544 g/mol. The molecule has 4 aromatic rings. The van der Waals surface area contributed by atoms with Gasteiger partial charge < -0.3 is 9.47 Å². The number of benzene rings is 4. The fraction of sp³-hybridized carbons (Fsp3) is 0.103. The summed E-state index contributed by atoms with van der Waals surface area (Å²) in [5.41, 5.74) is 3.39. The Bertz CT molecular complexity index is 1270. The van der Waals surface area contributed by atoms with Crippen molar-refractivity contribution in [3.63, 3.8) is 0 Å². The standard InChI is InChI=1S/C29H25BrO2SSi/c1-34(2,3)29(30)28-26-22(31-20-12-6-4-7-13-20)16-10-18-24(26)33-25-19-11-17-23(27(25)28)32-21-14-8-5-9-15-21/h4-19H,1-3H3. The van der Waals surface area contributed by atoms with Gasteiger partial charge in [0.1, 0.15) is 23.0 Å². The zero-order valence-electron chi connectivity index (χ0n) is 19.3. The van der Waals surface area contributed by atoms with E-state index in [9.17, 15) is 0 Å². The van der Waals surface area contributed by atoms with Gasteiger partial charge in [0.05, 0.1) is 8.07 Å². The molecule has 34 heavy (non-hydrogen) atoms. The average Bonchev–Trinajstić information content (AvgIpc) is 2.83. The van der Waals surface area contributed by atoms with Gasteiger partial charge in [-0.3, -0.25) is 0 Å². The summed E-state index contributed by atoms with van der Waals surface area (Å²) in [4.78, 5) is 2.37. The third-order valence-electron chi connectivity index (χ3n) is 5.52. The summed E-state index contributed by atoms with van der Waals surface area (Å²) >= 11 is 5.82. The smallest absolute Gasteiger partial charge is 0.136 e. The lowest BCUT2D eigenvalue weighted by Gasteiger charge is -2.30. The summed E-state index contributed by atoms with van der Waals surface area (Å²) in [6.07, 6.45) is 0. The number of fused-ring (bicyclic) bond motifs is 2. The molecule has 1 aliphatic rings. The van der Waals surface area contributed by atoms with E-state index in [2.05, 4.69) is 72.0 Å². The molecule has 0 saturated carbocycles. The molecule has 170 valence electrons. The first-order chi connectivity index (χ1) is 16.4. The molecule has 1 heterocycles. The van der Waals surface area contributed by atoms with Crippen LogP contribution in [0.5, 0.6) is 23.0 Å². The SMILES string of the molecule is C[Si](C)(C)C(Br)=C1c2c(Oc3ccccc3)cccc2Sc2cccc(Oc3ccccc3)c21. The summed E-state index contributed by atoms with van der Waals surface area (Å²) in [7, 11) is -1.74. The first kappa shape index (κ1) is 23.0. The largest absolute Gasteiger partial charge is 0.457 e. The molecule has 0 N–H and O–H groups in total. The molecule has 0 amide bonds. The van der Waals surface area contributed by atoms with Gasteiger partial charge in [-0.15, -0.1) is 0 Å². The Hall–Kier alpha value is -2.73. The summed E-state index contributed by atoms with van der Waals surface area (Å²) in [6.45, 7) is 7.06. The molecule has 0 atom stereocenters. The van der Waals surface area contributed by atoms with Gasteiger partial charge in [-0.1, -0.05) is 95.9 Å². The van der Waals surface area contributed by atoms with E-state index in [4.69, 9.17) is 9.47 Å². The van der Waals surface area contributed by atoms with Crippen LogP contribution >= 0.6 is 27.7 Å². The van der Waals surface area contributed by atoms with Gasteiger partial charge in [-0.2, -0.15) is 0 Å². The van der Waals surface area contributed by atoms with Crippen LogP contribution in [0.25, 0.3) is 5.57 Å². The Kier molecular flexibility index (Phi) is 6.43. The van der Waals surface area contributed by atoms with Crippen LogP contribution in [0, 0.1) is 0 Å². The quantitative estimate of drug-likeness (QED) is 0.205. The molecule has 0 saturated heterocycles. The van der Waals surface area contributed by atoms with Crippen LogP contribution in [0.3, 0.4) is 0 Å². The van der Waals surface area contributed by atoms with Crippen LogP contribution in [-0.2, 0) is 0 Å². The number of rotatable bonds is 5. The van der Waals surface area contributed by atoms with Crippen LogP contribution in [-0.4, -0.2) is 8.07 Å². The van der Waals surface area contributed by atoms with E-state index in [0.29, 0.717) is 0 Å². The molecule has 0 spiro atoms. The van der Waals surface area contributed by atoms with Crippen molar-refractivity contribution < 1.29 is 9.47 Å². The van der Waals surface area contributed by atoms with E-state index < -0.39 is 8.07 Å². The molecule has 0 aliphatic carbocycles. The topological polar surface area (TPSA) is 18.5 Å². The van der Waals surface area contributed by atoms with Crippen molar-refractivity contribution in [2.24, 2.45) is 0 Å². The van der Waals surface area contributed by atoms with Crippen LogP contribution < -0.4 is 9.47 Å². The van der Waals surface area contributed by atoms with Gasteiger partial charge >= 0.3 is 0 Å². The van der Waals surface area contributed by atoms with E-state index in [1.807, 2.05) is 60.7 Å². The van der Waals surface area contributed by atoms with Crippen molar-refractivity contribution in [3.05, 3.63) is 112 Å². The van der Waals surface area contributed by atoms with E-state index in [1.54, 1.807) is 11.8 Å². The van der Waals surface area contributed by atoms with Crippen LogP contribution in [0.4, 0.5) is 0 Å². The normalized spacial score (nSPS) is 12.5. The fourth-order valence-electron chi connectivity index (χ4n) is 3.92. The van der Waals surface area contributed by atoms with Gasteiger partial charge in [0.15, 0.2) is 0 Å². The Labute approximate surface area is 214 Å². The zero-order valence-corrected chi connectivity index (χ0v) is 22.7. The molecular formula is C29H25BrO2SSi. The van der Waals surface area contributed by atoms with Crippen molar-refractivity contribution in [2.45, 2.75) is 29.4 Å². The molecule has 2 nitrogen and oxygen atoms in total. The number of hydrogen-bond acceptors (Lipinski definition) is 3. The maximum absolute atomic E-state index is 6.45. The summed E-state index contributed by atoms with van der Waals surface area (Å²) < 4.78 is 14.1. The van der Waals surface area contributed by atoms with E-state index in [-0.39, 0.29) is 0 Å². The van der Waals surface area contributed by atoms with E-state index in [0.717, 1.165) is 34.1 Å². The second-order valence-electron chi connectivity index (χ2n) is 9.13. The van der Waals surface area contributed by atoms with Crippen molar-refractivity contribution >= 4 is 41.3 Å². The average molecular weight is 546 g/mol. The first-order valence-electron chi connectivity index (χ1n) is 11.2. The van der Waals surface area contributed by atoms with Crippen LogP contribution in [0.2, 0.25) is 19.6 Å². The maximum atomic E-state index is 6.45. The highest BCUT2D eigenvalue weighted by atomic mass is 79.9. The lowest BCUT2D eigenvalue weighted by Crippen LogP contribution is -2.23. The molecule has 1 aliphatic heterocycles. The highest BCUT2D eigenvalue weighted by Crippen LogP contribution is 2.55. The summed E-state index contributed by atoms with van der Waals surface area (Å²) in [5.74, 6) is 3.34. The Morgan fingerprint density at radius 1 is 0.618 bits per heavy atom. The second-order valence-corrected chi connectivity index (χ2v) is 16.7. The lowest BCUT2D eigenvalue weighted by atomic mass is 9.96. The molecule has 0 unspecified atom stereocenters. The lowest BCUT2D eigenvalue weighted by molar-refractivity contribution is 0.476. The minimum atomic E-state index is -1.74.